The molecule has 1 aromatic heterocycles. The lowest BCUT2D eigenvalue weighted by molar-refractivity contribution is -0.111. The molecule has 0 spiro atoms. The maximum Gasteiger partial charge on any atom is 0.226 e. The summed E-state index contributed by atoms with van der Waals surface area (Å²) in [5, 5.41) is 0.736. The van der Waals surface area contributed by atoms with Crippen LogP contribution in [0.15, 0.2) is 54.6 Å². The van der Waals surface area contributed by atoms with Gasteiger partial charge in [0.25, 0.3) is 0 Å². The Bertz CT molecular complexity index is 848. The maximum absolute atomic E-state index is 10.9. The number of para-hydroxylation sites is 1. The first-order chi connectivity index (χ1) is 11.1. The Morgan fingerprint density at radius 2 is 1.83 bits per heavy atom. The summed E-state index contributed by atoms with van der Waals surface area (Å²) in [7, 11) is 0. The van der Waals surface area contributed by atoms with Crippen LogP contribution in [-0.2, 0) is 17.8 Å². The Morgan fingerprint density at radius 1 is 1.12 bits per heavy atom. The molecule has 3 rings (SSSR count). The Morgan fingerprint density at radius 3 is 2.54 bits per heavy atom. The Balaban J connectivity index is 0.00000208. The predicted octanol–water partition coefficient (Wildman–Crippen LogP) is 4.85. The molecule has 5 heteroatoms. The lowest BCUT2D eigenvalue weighted by atomic mass is 10.1. The summed E-state index contributed by atoms with van der Waals surface area (Å²) in [6, 6.07) is 17.5. The van der Waals surface area contributed by atoms with Gasteiger partial charge in [0.1, 0.15) is 12.4 Å². The highest BCUT2D eigenvalue weighted by atomic mass is 35.5. The summed E-state index contributed by atoms with van der Waals surface area (Å²) in [5.41, 5.74) is 3.93. The Hall–Kier alpha value is -2.10. The summed E-state index contributed by atoms with van der Waals surface area (Å²) in [4.78, 5) is 15.4. The molecule has 24 heavy (non-hydrogen) atoms. The number of halogens is 2. The molecule has 1 heterocycles. The van der Waals surface area contributed by atoms with Gasteiger partial charge in [-0.2, -0.15) is 0 Å². The number of aryl methyl sites for hydroxylation is 1. The van der Waals surface area contributed by atoms with Crippen molar-refractivity contribution in [1.82, 2.24) is 4.98 Å². The van der Waals surface area contributed by atoms with E-state index in [2.05, 4.69) is 11.1 Å². The van der Waals surface area contributed by atoms with Gasteiger partial charge in [0.15, 0.2) is 0 Å². The van der Waals surface area contributed by atoms with Crippen LogP contribution in [-0.4, -0.2) is 10.2 Å². The largest absolute Gasteiger partial charge is 0.489 e. The molecule has 0 bridgehead atoms. The first-order valence-corrected chi connectivity index (χ1v) is 7.75. The van der Waals surface area contributed by atoms with E-state index in [9.17, 15) is 4.79 Å². The van der Waals surface area contributed by atoms with Gasteiger partial charge in [-0.25, -0.2) is 0 Å². The van der Waals surface area contributed by atoms with Crippen LogP contribution in [0.3, 0.4) is 0 Å². The third kappa shape index (κ3) is 4.47. The van der Waals surface area contributed by atoms with Gasteiger partial charge in [-0.15, -0.1) is 12.4 Å². The summed E-state index contributed by atoms with van der Waals surface area (Å²) in [6.07, 6.45) is 0.232. The Kier molecular flexibility index (Phi) is 6.18. The molecule has 0 radical (unpaired) electrons. The molecule has 0 aliphatic heterocycles. The zero-order valence-electron chi connectivity index (χ0n) is 13.2. The summed E-state index contributed by atoms with van der Waals surface area (Å²) >= 11 is 5.39. The second kappa shape index (κ2) is 8.13. The molecule has 124 valence electrons. The minimum absolute atomic E-state index is 0. The van der Waals surface area contributed by atoms with Crippen LogP contribution in [0.25, 0.3) is 10.9 Å². The first-order valence-electron chi connectivity index (χ1n) is 7.37. The number of rotatable bonds is 5. The van der Waals surface area contributed by atoms with Crippen molar-refractivity contribution in [2.45, 2.75) is 20.0 Å². The van der Waals surface area contributed by atoms with Gasteiger partial charge in [0.2, 0.25) is 5.24 Å². The average Bonchev–Trinajstić information content (AvgIpc) is 2.53. The zero-order chi connectivity index (χ0) is 16.2. The number of benzene rings is 2. The quantitative estimate of drug-likeness (QED) is 0.609. The van der Waals surface area contributed by atoms with Gasteiger partial charge in [0, 0.05) is 23.1 Å². The van der Waals surface area contributed by atoms with E-state index in [0.29, 0.717) is 6.61 Å². The highest BCUT2D eigenvalue weighted by Gasteiger charge is 2.05. The van der Waals surface area contributed by atoms with Crippen LogP contribution in [0.4, 0.5) is 0 Å². The van der Waals surface area contributed by atoms with Gasteiger partial charge in [0.05, 0.1) is 5.52 Å². The van der Waals surface area contributed by atoms with E-state index in [1.165, 1.54) is 0 Å². The van der Waals surface area contributed by atoms with Crippen molar-refractivity contribution in [3.8, 4) is 5.75 Å². The number of pyridine rings is 1. The topological polar surface area (TPSA) is 39.2 Å². The fraction of sp³-hybridized carbons (Fsp3) is 0.158. The molecule has 3 aromatic rings. The first kappa shape index (κ1) is 18.2. The van der Waals surface area contributed by atoms with Crippen molar-refractivity contribution < 1.29 is 9.53 Å². The molecule has 0 saturated carbocycles. The SMILES string of the molecule is Cc1cc(COc2ccc(CC(=O)Cl)cc2)c2ccccc2n1.Cl. The zero-order valence-corrected chi connectivity index (χ0v) is 14.7. The monoisotopic (exact) mass is 361 g/mol. The number of hydrogen-bond acceptors (Lipinski definition) is 3. The van der Waals surface area contributed by atoms with Gasteiger partial charge >= 0.3 is 0 Å². The lowest BCUT2D eigenvalue weighted by Crippen LogP contribution is -1.99. The minimum atomic E-state index is -0.364. The van der Waals surface area contributed by atoms with E-state index in [1.54, 1.807) is 0 Å². The fourth-order valence-corrected chi connectivity index (χ4v) is 2.69. The fourth-order valence-electron chi connectivity index (χ4n) is 2.54. The molecule has 0 fully saturated rings. The number of aromatic nitrogens is 1. The van der Waals surface area contributed by atoms with Gasteiger partial charge < -0.3 is 4.74 Å². The van der Waals surface area contributed by atoms with Crippen molar-refractivity contribution in [1.29, 1.82) is 0 Å². The van der Waals surface area contributed by atoms with Crippen molar-refractivity contribution in [2.24, 2.45) is 0 Å². The van der Waals surface area contributed by atoms with Crippen LogP contribution >= 0.6 is 24.0 Å². The number of carbonyl (C=O) groups is 1. The van der Waals surface area contributed by atoms with E-state index in [-0.39, 0.29) is 24.1 Å². The molecule has 2 aromatic carbocycles. The van der Waals surface area contributed by atoms with Crippen LogP contribution in [0.2, 0.25) is 0 Å². The second-order valence-corrected chi connectivity index (χ2v) is 5.83. The summed E-state index contributed by atoms with van der Waals surface area (Å²) in [6.45, 7) is 2.45. The minimum Gasteiger partial charge on any atom is -0.489 e. The molecule has 0 aliphatic carbocycles. The van der Waals surface area contributed by atoms with Gasteiger partial charge in [-0.1, -0.05) is 30.3 Å². The normalized spacial score (nSPS) is 10.2. The van der Waals surface area contributed by atoms with E-state index < -0.39 is 0 Å². The standard InChI is InChI=1S/C19H16ClNO2.ClH/c1-13-10-15(17-4-2-3-5-18(17)21-13)12-23-16-8-6-14(7-9-16)11-19(20)22;/h2-10H,11-12H2,1H3;1H. The number of nitrogens with zero attached hydrogens (tertiary/aromatic N) is 1. The molecule has 0 aliphatic rings. The maximum atomic E-state index is 10.9. The van der Waals surface area contributed by atoms with Crippen LogP contribution in [0.5, 0.6) is 5.75 Å². The summed E-state index contributed by atoms with van der Waals surface area (Å²) in [5.74, 6) is 0.759. The third-order valence-electron chi connectivity index (χ3n) is 3.59. The molecule has 0 unspecified atom stereocenters. The molecule has 0 N–H and O–H groups in total. The Labute approximate surface area is 152 Å². The highest BCUT2D eigenvalue weighted by Crippen LogP contribution is 2.21. The van der Waals surface area contributed by atoms with E-state index in [4.69, 9.17) is 16.3 Å². The molecular formula is C19H17Cl2NO2. The lowest BCUT2D eigenvalue weighted by Gasteiger charge is -2.10. The molecule has 0 saturated heterocycles. The van der Waals surface area contributed by atoms with Crippen molar-refractivity contribution in [2.75, 3.05) is 0 Å². The molecule has 3 nitrogen and oxygen atoms in total. The number of fused-ring (bicyclic) bond motifs is 1. The predicted molar refractivity (Wildman–Crippen MR) is 99.1 cm³/mol. The highest BCUT2D eigenvalue weighted by molar-refractivity contribution is 6.63. The van der Waals surface area contributed by atoms with Crippen molar-refractivity contribution in [3.63, 3.8) is 0 Å². The van der Waals surface area contributed by atoms with E-state index >= 15 is 0 Å². The third-order valence-corrected chi connectivity index (χ3v) is 3.72. The van der Waals surface area contributed by atoms with Crippen molar-refractivity contribution >= 4 is 40.2 Å². The van der Waals surface area contributed by atoms with E-state index in [1.807, 2.05) is 55.5 Å². The second-order valence-electron chi connectivity index (χ2n) is 5.40. The van der Waals surface area contributed by atoms with Gasteiger partial charge in [-0.3, -0.25) is 9.78 Å². The smallest absolute Gasteiger partial charge is 0.226 e. The number of ether oxygens (including phenoxy) is 1. The molecule has 0 amide bonds. The molecule has 0 atom stereocenters. The summed E-state index contributed by atoms with van der Waals surface area (Å²) < 4.78 is 5.87. The number of carbonyl (C=O) groups excluding carboxylic acids is 1. The molecular weight excluding hydrogens is 345 g/mol. The van der Waals surface area contributed by atoms with Crippen LogP contribution in [0, 0.1) is 6.92 Å². The van der Waals surface area contributed by atoms with E-state index in [0.717, 1.165) is 33.5 Å². The number of hydrogen-bond donors (Lipinski definition) is 0. The average molecular weight is 362 g/mol. The van der Waals surface area contributed by atoms with Crippen LogP contribution < -0.4 is 4.74 Å². The van der Waals surface area contributed by atoms with Crippen molar-refractivity contribution in [3.05, 3.63) is 71.4 Å². The van der Waals surface area contributed by atoms with Crippen LogP contribution in [0.1, 0.15) is 16.8 Å². The van der Waals surface area contributed by atoms with Gasteiger partial charge in [-0.05, 0) is 48.4 Å².